The van der Waals surface area contributed by atoms with Crippen LogP contribution in [0, 0.1) is 5.92 Å². The Balaban J connectivity index is 1.85. The lowest BCUT2D eigenvalue weighted by molar-refractivity contribution is -0.131. The molecule has 25 heavy (non-hydrogen) atoms. The van der Waals surface area contributed by atoms with Gasteiger partial charge in [0.2, 0.25) is 11.8 Å². The Hall–Kier alpha value is -2.12. The van der Waals surface area contributed by atoms with E-state index in [2.05, 4.69) is 15.5 Å². The molecule has 2 heterocycles. The third-order valence-electron chi connectivity index (χ3n) is 4.38. The number of carbonyl (C=O) groups excluding carboxylic acids is 2. The van der Waals surface area contributed by atoms with E-state index >= 15 is 0 Å². The number of amides is 3. The first-order valence-corrected chi connectivity index (χ1v) is 8.89. The third kappa shape index (κ3) is 4.93. The molecule has 1 atom stereocenters. The second-order valence-electron chi connectivity index (χ2n) is 7.40. The van der Waals surface area contributed by atoms with Gasteiger partial charge in [-0.3, -0.25) is 4.79 Å². The average Bonchev–Trinajstić information content (AvgIpc) is 3.16. The van der Waals surface area contributed by atoms with Crippen molar-refractivity contribution in [2.75, 3.05) is 19.6 Å². The molecule has 0 bridgehead atoms. The van der Waals surface area contributed by atoms with Gasteiger partial charge in [0, 0.05) is 43.9 Å². The largest absolute Gasteiger partial charge is 0.338 e. The number of carbonyl (C=O) groups is 2. The highest BCUT2D eigenvalue weighted by Crippen LogP contribution is 2.25. The molecule has 1 aliphatic heterocycles. The number of urea groups is 1. The summed E-state index contributed by atoms with van der Waals surface area (Å²) in [6, 6.07) is -0.180. The van der Waals surface area contributed by atoms with Gasteiger partial charge in [-0.2, -0.15) is 4.98 Å². The first kappa shape index (κ1) is 19.2. The molecule has 0 radical (unpaired) electrons. The lowest BCUT2D eigenvalue weighted by atomic mass is 10.1. The molecule has 1 aromatic heterocycles. The van der Waals surface area contributed by atoms with Crippen LogP contribution < -0.4 is 5.32 Å². The van der Waals surface area contributed by atoms with Gasteiger partial charge in [-0.15, -0.1) is 0 Å². The van der Waals surface area contributed by atoms with Crippen molar-refractivity contribution in [3.63, 3.8) is 0 Å². The normalized spacial score (nSPS) is 17.9. The van der Waals surface area contributed by atoms with Crippen LogP contribution in [-0.4, -0.2) is 57.1 Å². The van der Waals surface area contributed by atoms with Crippen molar-refractivity contribution in [1.29, 1.82) is 0 Å². The first-order valence-electron chi connectivity index (χ1n) is 8.89. The summed E-state index contributed by atoms with van der Waals surface area (Å²) in [7, 11) is 0. The zero-order chi connectivity index (χ0) is 18.6. The Morgan fingerprint density at radius 2 is 2.12 bits per heavy atom. The minimum atomic E-state index is -0.180. The van der Waals surface area contributed by atoms with Crippen molar-refractivity contribution in [3.8, 4) is 0 Å². The zero-order valence-electron chi connectivity index (χ0n) is 15.8. The molecular formula is C17H29N5O3. The summed E-state index contributed by atoms with van der Waals surface area (Å²) in [6.45, 7) is 11.9. The number of hydrogen-bond donors (Lipinski definition) is 1. The van der Waals surface area contributed by atoms with Crippen molar-refractivity contribution in [1.82, 2.24) is 25.3 Å². The zero-order valence-corrected chi connectivity index (χ0v) is 15.8. The molecule has 1 N–H and O–H groups in total. The third-order valence-corrected chi connectivity index (χ3v) is 4.38. The van der Waals surface area contributed by atoms with Crippen LogP contribution in [-0.2, 0) is 17.8 Å². The van der Waals surface area contributed by atoms with E-state index in [1.54, 1.807) is 4.90 Å². The number of likely N-dealkylation sites (tertiary alicyclic amines) is 1. The maximum absolute atomic E-state index is 12.4. The van der Waals surface area contributed by atoms with Crippen molar-refractivity contribution in [3.05, 3.63) is 11.7 Å². The van der Waals surface area contributed by atoms with Crippen LogP contribution in [0.4, 0.5) is 4.79 Å². The SMILES string of the molecule is CCc1noc(CN(CC)C(=O)NCC2CC(=O)N(C(C)(C)C)C2)n1. The van der Waals surface area contributed by atoms with Gasteiger partial charge in [0.25, 0.3) is 0 Å². The van der Waals surface area contributed by atoms with Gasteiger partial charge in [-0.25, -0.2) is 4.79 Å². The van der Waals surface area contributed by atoms with Crippen LogP contribution in [0.25, 0.3) is 0 Å². The number of nitrogens with one attached hydrogen (secondary N) is 1. The molecule has 1 aliphatic rings. The van der Waals surface area contributed by atoms with E-state index in [0.717, 1.165) is 0 Å². The maximum atomic E-state index is 12.4. The predicted molar refractivity (Wildman–Crippen MR) is 92.7 cm³/mol. The molecule has 1 saturated heterocycles. The van der Waals surface area contributed by atoms with Gasteiger partial charge in [0.05, 0.1) is 0 Å². The monoisotopic (exact) mass is 351 g/mol. The number of aromatic nitrogens is 2. The maximum Gasteiger partial charge on any atom is 0.317 e. The Kier molecular flexibility index (Phi) is 6.02. The van der Waals surface area contributed by atoms with Crippen LogP contribution in [0.3, 0.4) is 0 Å². The Bertz CT molecular complexity index is 608. The number of nitrogens with zero attached hydrogens (tertiary/aromatic N) is 4. The van der Waals surface area contributed by atoms with E-state index in [1.165, 1.54) is 0 Å². The van der Waals surface area contributed by atoms with Gasteiger partial charge in [-0.05, 0) is 27.7 Å². The van der Waals surface area contributed by atoms with Crippen LogP contribution in [0.15, 0.2) is 4.52 Å². The summed E-state index contributed by atoms with van der Waals surface area (Å²) in [4.78, 5) is 32.2. The number of aryl methyl sites for hydroxylation is 1. The second kappa shape index (κ2) is 7.84. The average molecular weight is 351 g/mol. The van der Waals surface area contributed by atoms with E-state index in [1.807, 2.05) is 39.5 Å². The molecule has 0 aliphatic carbocycles. The predicted octanol–water partition coefficient (Wildman–Crippen LogP) is 1.81. The fraction of sp³-hybridized carbons (Fsp3) is 0.765. The molecule has 1 fully saturated rings. The highest BCUT2D eigenvalue weighted by atomic mass is 16.5. The summed E-state index contributed by atoms with van der Waals surface area (Å²) in [6.07, 6.45) is 1.18. The van der Waals surface area contributed by atoms with Crippen molar-refractivity contribution in [2.24, 2.45) is 5.92 Å². The standard InChI is InChI=1S/C17H29N5O3/c1-6-13-19-14(25-20-13)11-21(7-2)16(24)18-9-12-8-15(23)22(10-12)17(3,4)5/h12H,6-11H2,1-5H3,(H,18,24). The van der Waals surface area contributed by atoms with Gasteiger partial charge in [0.1, 0.15) is 6.54 Å². The summed E-state index contributed by atoms with van der Waals surface area (Å²) in [5.41, 5.74) is -0.180. The quantitative estimate of drug-likeness (QED) is 0.844. The van der Waals surface area contributed by atoms with E-state index in [0.29, 0.717) is 44.2 Å². The minimum Gasteiger partial charge on any atom is -0.338 e. The van der Waals surface area contributed by atoms with Gasteiger partial charge >= 0.3 is 6.03 Å². The molecule has 140 valence electrons. The Morgan fingerprint density at radius 1 is 1.40 bits per heavy atom. The number of hydrogen-bond acceptors (Lipinski definition) is 5. The van der Waals surface area contributed by atoms with E-state index < -0.39 is 0 Å². The topological polar surface area (TPSA) is 91.6 Å². The van der Waals surface area contributed by atoms with Gasteiger partial charge in [0.15, 0.2) is 5.82 Å². The van der Waals surface area contributed by atoms with E-state index in [9.17, 15) is 9.59 Å². The summed E-state index contributed by atoms with van der Waals surface area (Å²) in [5.74, 6) is 1.36. The van der Waals surface area contributed by atoms with Gasteiger partial charge < -0.3 is 19.6 Å². The summed E-state index contributed by atoms with van der Waals surface area (Å²) in [5, 5.41) is 6.77. The van der Waals surface area contributed by atoms with Crippen molar-refractivity contribution >= 4 is 11.9 Å². The minimum absolute atomic E-state index is 0.143. The highest BCUT2D eigenvalue weighted by Gasteiger charge is 2.36. The molecule has 1 unspecified atom stereocenters. The Labute approximate surface area is 148 Å². The number of rotatable bonds is 6. The lowest BCUT2D eigenvalue weighted by Crippen LogP contribution is -2.44. The van der Waals surface area contributed by atoms with Crippen molar-refractivity contribution < 1.29 is 14.1 Å². The summed E-state index contributed by atoms with van der Waals surface area (Å²) < 4.78 is 5.15. The van der Waals surface area contributed by atoms with Crippen LogP contribution in [0.5, 0.6) is 0 Å². The molecule has 8 heteroatoms. The van der Waals surface area contributed by atoms with Crippen LogP contribution >= 0.6 is 0 Å². The first-order chi connectivity index (χ1) is 11.7. The van der Waals surface area contributed by atoms with E-state index in [-0.39, 0.29) is 29.9 Å². The molecule has 0 aromatic carbocycles. The lowest BCUT2D eigenvalue weighted by Gasteiger charge is -2.32. The van der Waals surface area contributed by atoms with E-state index in [4.69, 9.17) is 4.52 Å². The molecule has 0 spiro atoms. The highest BCUT2D eigenvalue weighted by molar-refractivity contribution is 5.79. The molecule has 8 nitrogen and oxygen atoms in total. The smallest absolute Gasteiger partial charge is 0.317 e. The van der Waals surface area contributed by atoms with Crippen molar-refractivity contribution in [2.45, 2.75) is 59.5 Å². The summed E-state index contributed by atoms with van der Waals surface area (Å²) >= 11 is 0. The fourth-order valence-corrected chi connectivity index (χ4v) is 2.90. The second-order valence-corrected chi connectivity index (χ2v) is 7.40. The molecule has 1 aromatic rings. The molecule has 2 rings (SSSR count). The van der Waals surface area contributed by atoms with Crippen LogP contribution in [0.2, 0.25) is 0 Å². The van der Waals surface area contributed by atoms with Gasteiger partial charge in [-0.1, -0.05) is 12.1 Å². The Morgan fingerprint density at radius 3 is 2.64 bits per heavy atom. The molecule has 0 saturated carbocycles. The molecule has 3 amide bonds. The van der Waals surface area contributed by atoms with Crippen LogP contribution in [0.1, 0.15) is 52.8 Å². The fourth-order valence-electron chi connectivity index (χ4n) is 2.90. The molecular weight excluding hydrogens is 322 g/mol.